The standard InChI is InChI=1S/C22H22N4OS3/c1-2-5-15-8-10-16(11-9-15)20(17-6-3-12-29-17)23-19(27)14-26-21(24-25-22(26)28)18-7-4-13-30-18/h3-4,6-13,20H,2,5,14H2,1H3,(H,23,27)(H,25,28). The van der Waals surface area contributed by atoms with Crippen LogP contribution in [0.5, 0.6) is 0 Å². The maximum atomic E-state index is 13.0. The number of amides is 1. The van der Waals surface area contributed by atoms with Gasteiger partial charge in [0.1, 0.15) is 6.54 Å². The van der Waals surface area contributed by atoms with Gasteiger partial charge in [-0.3, -0.25) is 14.5 Å². The lowest BCUT2D eigenvalue weighted by molar-refractivity contribution is -0.122. The fraction of sp³-hybridized carbons (Fsp3) is 0.227. The zero-order valence-electron chi connectivity index (χ0n) is 16.5. The molecule has 0 fully saturated rings. The molecule has 2 N–H and O–H groups in total. The summed E-state index contributed by atoms with van der Waals surface area (Å²) in [5, 5.41) is 14.3. The predicted octanol–water partition coefficient (Wildman–Crippen LogP) is 5.59. The number of benzene rings is 1. The van der Waals surface area contributed by atoms with Gasteiger partial charge in [0.2, 0.25) is 5.91 Å². The van der Waals surface area contributed by atoms with Crippen LogP contribution in [-0.2, 0) is 17.8 Å². The van der Waals surface area contributed by atoms with Gasteiger partial charge in [-0.1, -0.05) is 49.7 Å². The Morgan fingerprint density at radius 1 is 1.17 bits per heavy atom. The third-order valence-corrected chi connectivity index (χ3v) is 6.90. The van der Waals surface area contributed by atoms with E-state index in [1.165, 1.54) is 5.56 Å². The van der Waals surface area contributed by atoms with Gasteiger partial charge in [0.25, 0.3) is 0 Å². The third kappa shape index (κ3) is 4.61. The molecule has 0 bridgehead atoms. The summed E-state index contributed by atoms with van der Waals surface area (Å²) in [4.78, 5) is 15.1. The van der Waals surface area contributed by atoms with E-state index in [2.05, 4.69) is 52.8 Å². The molecule has 4 rings (SSSR count). The molecule has 0 aliphatic rings. The van der Waals surface area contributed by atoms with Crippen molar-refractivity contribution in [3.63, 3.8) is 0 Å². The van der Waals surface area contributed by atoms with E-state index in [-0.39, 0.29) is 18.5 Å². The summed E-state index contributed by atoms with van der Waals surface area (Å²) in [7, 11) is 0. The molecule has 0 spiro atoms. The number of H-pyrrole nitrogens is 1. The number of aromatic nitrogens is 3. The first-order chi connectivity index (χ1) is 14.7. The Morgan fingerprint density at radius 3 is 2.60 bits per heavy atom. The minimum Gasteiger partial charge on any atom is -0.343 e. The van der Waals surface area contributed by atoms with E-state index in [1.807, 2.05) is 29.0 Å². The number of aromatic amines is 1. The first kappa shape index (κ1) is 20.7. The highest BCUT2D eigenvalue weighted by atomic mass is 32.1. The minimum atomic E-state index is -0.195. The first-order valence-corrected chi connectivity index (χ1v) is 11.9. The monoisotopic (exact) mass is 454 g/mol. The topological polar surface area (TPSA) is 62.7 Å². The molecular weight excluding hydrogens is 432 g/mol. The highest BCUT2D eigenvalue weighted by Gasteiger charge is 2.20. The van der Waals surface area contributed by atoms with E-state index in [0.29, 0.717) is 10.6 Å². The van der Waals surface area contributed by atoms with Crippen molar-refractivity contribution in [3.05, 3.63) is 80.1 Å². The zero-order valence-corrected chi connectivity index (χ0v) is 18.9. The lowest BCUT2D eigenvalue weighted by atomic mass is 10.0. The van der Waals surface area contributed by atoms with E-state index in [9.17, 15) is 4.79 Å². The van der Waals surface area contributed by atoms with Gasteiger partial charge in [0, 0.05) is 4.88 Å². The highest BCUT2D eigenvalue weighted by Crippen LogP contribution is 2.27. The van der Waals surface area contributed by atoms with Crippen LogP contribution < -0.4 is 5.32 Å². The van der Waals surface area contributed by atoms with Gasteiger partial charge < -0.3 is 5.32 Å². The van der Waals surface area contributed by atoms with Gasteiger partial charge >= 0.3 is 0 Å². The Hall–Kier alpha value is -2.55. The van der Waals surface area contributed by atoms with E-state index >= 15 is 0 Å². The lowest BCUT2D eigenvalue weighted by Crippen LogP contribution is -2.32. The number of hydrogen-bond donors (Lipinski definition) is 2. The molecule has 1 atom stereocenters. The molecule has 0 saturated carbocycles. The fourth-order valence-electron chi connectivity index (χ4n) is 3.35. The van der Waals surface area contributed by atoms with Crippen LogP contribution in [0.15, 0.2) is 59.3 Å². The predicted molar refractivity (Wildman–Crippen MR) is 125 cm³/mol. The highest BCUT2D eigenvalue weighted by molar-refractivity contribution is 7.71. The minimum absolute atomic E-state index is 0.109. The summed E-state index contributed by atoms with van der Waals surface area (Å²) >= 11 is 8.56. The van der Waals surface area contributed by atoms with E-state index < -0.39 is 0 Å². The van der Waals surface area contributed by atoms with Gasteiger partial charge in [-0.15, -0.1) is 22.7 Å². The molecule has 30 heavy (non-hydrogen) atoms. The van der Waals surface area contributed by atoms with Crippen LogP contribution in [0.2, 0.25) is 0 Å². The largest absolute Gasteiger partial charge is 0.343 e. The summed E-state index contributed by atoms with van der Waals surface area (Å²) in [5.74, 6) is 0.572. The van der Waals surface area contributed by atoms with E-state index in [0.717, 1.165) is 28.2 Å². The molecule has 1 amide bonds. The van der Waals surface area contributed by atoms with Crippen LogP contribution >= 0.6 is 34.9 Å². The number of hydrogen-bond acceptors (Lipinski definition) is 5. The van der Waals surface area contributed by atoms with Crippen molar-refractivity contribution in [2.24, 2.45) is 0 Å². The van der Waals surface area contributed by atoms with Crippen molar-refractivity contribution < 1.29 is 4.79 Å². The SMILES string of the molecule is CCCc1ccc(C(NC(=O)Cn2c(-c3cccs3)n[nH]c2=S)c2cccs2)cc1. The van der Waals surface area contributed by atoms with Crippen LogP contribution in [0.3, 0.4) is 0 Å². The van der Waals surface area contributed by atoms with Crippen molar-refractivity contribution >= 4 is 40.8 Å². The summed E-state index contributed by atoms with van der Waals surface area (Å²) < 4.78 is 2.18. The van der Waals surface area contributed by atoms with Crippen molar-refractivity contribution in [1.82, 2.24) is 20.1 Å². The zero-order chi connectivity index (χ0) is 20.9. The Bertz CT molecular complexity index is 1140. The smallest absolute Gasteiger partial charge is 0.240 e. The van der Waals surface area contributed by atoms with Crippen LogP contribution in [0.1, 0.15) is 35.4 Å². The molecule has 4 aromatic rings. The van der Waals surface area contributed by atoms with Gasteiger partial charge in [0.15, 0.2) is 10.6 Å². The molecule has 3 aromatic heterocycles. The lowest BCUT2D eigenvalue weighted by Gasteiger charge is -2.19. The number of carbonyl (C=O) groups excluding carboxylic acids is 1. The number of nitrogens with zero attached hydrogens (tertiary/aromatic N) is 2. The molecule has 0 radical (unpaired) electrons. The molecule has 8 heteroatoms. The first-order valence-electron chi connectivity index (χ1n) is 9.76. The van der Waals surface area contributed by atoms with Gasteiger partial charge in [-0.2, -0.15) is 5.10 Å². The Balaban J connectivity index is 1.56. The Labute approximate surface area is 188 Å². The van der Waals surface area contributed by atoms with Crippen LogP contribution in [-0.4, -0.2) is 20.7 Å². The molecule has 154 valence electrons. The fourth-order valence-corrected chi connectivity index (χ4v) is 5.07. The van der Waals surface area contributed by atoms with Crippen LogP contribution in [0.4, 0.5) is 0 Å². The summed E-state index contributed by atoms with van der Waals surface area (Å²) in [6, 6.07) is 16.3. The number of thiophene rings is 2. The molecule has 1 unspecified atom stereocenters. The van der Waals surface area contributed by atoms with Crippen molar-refractivity contribution in [2.45, 2.75) is 32.4 Å². The number of nitrogens with one attached hydrogen (secondary N) is 2. The second-order valence-electron chi connectivity index (χ2n) is 6.92. The van der Waals surface area contributed by atoms with Gasteiger partial charge in [0.05, 0.1) is 10.9 Å². The van der Waals surface area contributed by atoms with Crippen LogP contribution in [0, 0.1) is 4.77 Å². The van der Waals surface area contributed by atoms with E-state index in [1.54, 1.807) is 27.2 Å². The summed E-state index contributed by atoms with van der Waals surface area (Å²) in [6.45, 7) is 2.28. The Morgan fingerprint density at radius 2 is 1.93 bits per heavy atom. The second-order valence-corrected chi connectivity index (χ2v) is 9.24. The second kappa shape index (κ2) is 9.51. The van der Waals surface area contributed by atoms with Crippen molar-refractivity contribution in [2.75, 3.05) is 0 Å². The average molecular weight is 455 g/mol. The van der Waals surface area contributed by atoms with Gasteiger partial charge in [-0.05, 0) is 52.7 Å². The molecule has 0 aliphatic carbocycles. The van der Waals surface area contributed by atoms with Gasteiger partial charge in [-0.25, -0.2) is 0 Å². The summed E-state index contributed by atoms with van der Waals surface area (Å²) in [5.41, 5.74) is 2.38. The normalized spacial score (nSPS) is 12.0. The number of aryl methyl sites for hydroxylation is 1. The van der Waals surface area contributed by atoms with Crippen molar-refractivity contribution in [1.29, 1.82) is 0 Å². The number of carbonyl (C=O) groups is 1. The molecule has 1 aromatic carbocycles. The quantitative estimate of drug-likeness (QED) is 0.341. The van der Waals surface area contributed by atoms with Crippen molar-refractivity contribution in [3.8, 4) is 10.7 Å². The molecule has 0 aliphatic heterocycles. The molecular formula is C22H22N4OS3. The maximum Gasteiger partial charge on any atom is 0.240 e. The molecule has 5 nitrogen and oxygen atoms in total. The molecule has 0 saturated heterocycles. The Kier molecular flexibility index (Phi) is 6.56. The summed E-state index contributed by atoms with van der Waals surface area (Å²) in [6.07, 6.45) is 2.17. The number of rotatable bonds is 8. The van der Waals surface area contributed by atoms with Crippen LogP contribution in [0.25, 0.3) is 10.7 Å². The van der Waals surface area contributed by atoms with E-state index in [4.69, 9.17) is 12.2 Å². The maximum absolute atomic E-state index is 13.0. The molecule has 3 heterocycles. The third-order valence-electron chi connectivity index (χ3n) is 4.79. The average Bonchev–Trinajstić information content (AvgIpc) is 3.51.